The third-order valence-corrected chi connectivity index (χ3v) is 2.80. The van der Waals surface area contributed by atoms with E-state index in [1.807, 2.05) is 5.43 Å². The molecule has 0 radical (unpaired) electrons. The number of nitrogens with one attached hydrogen (secondary N) is 2. The van der Waals surface area contributed by atoms with Crippen LogP contribution in [-0.4, -0.2) is 11.5 Å². The molecule has 0 saturated heterocycles. The van der Waals surface area contributed by atoms with E-state index < -0.39 is 33.6 Å². The number of hydrogen-bond acceptors (Lipinski definition) is 4. The number of benzene rings is 1. The summed E-state index contributed by atoms with van der Waals surface area (Å²) in [6.45, 7) is 0. The summed E-state index contributed by atoms with van der Waals surface area (Å²) in [4.78, 5) is 0. The molecule has 0 fully saturated rings. The van der Waals surface area contributed by atoms with Crippen LogP contribution in [0.4, 0.5) is 23.2 Å². The highest BCUT2D eigenvalue weighted by molar-refractivity contribution is 9.10. The fourth-order valence-electron chi connectivity index (χ4n) is 1.13. The fourth-order valence-corrected chi connectivity index (χ4v) is 1.58. The molecule has 1 aromatic rings. The molecule has 0 heterocycles. The number of alkyl halides is 3. The van der Waals surface area contributed by atoms with E-state index in [2.05, 4.69) is 21.0 Å². The SMILES string of the molecule is N#C/C(=N\Nc1cc(F)c(Br)c(C(F)(F)F)c1)C(=N)N. The monoisotopic (exact) mass is 351 g/mol. The Morgan fingerprint density at radius 2 is 2.05 bits per heavy atom. The maximum Gasteiger partial charge on any atom is 0.417 e. The van der Waals surface area contributed by atoms with Crippen LogP contribution in [0.3, 0.4) is 0 Å². The van der Waals surface area contributed by atoms with Crippen LogP contribution >= 0.6 is 15.9 Å². The van der Waals surface area contributed by atoms with Crippen LogP contribution in [0.15, 0.2) is 21.7 Å². The molecule has 10 heteroatoms. The quantitative estimate of drug-likeness (QED) is 0.338. The molecule has 0 aliphatic heterocycles. The van der Waals surface area contributed by atoms with Crippen LogP contribution in [0.1, 0.15) is 5.56 Å². The lowest BCUT2D eigenvalue weighted by molar-refractivity contribution is -0.138. The van der Waals surface area contributed by atoms with Gasteiger partial charge in [0.25, 0.3) is 0 Å². The van der Waals surface area contributed by atoms with E-state index in [0.717, 1.165) is 6.07 Å². The Morgan fingerprint density at radius 1 is 1.45 bits per heavy atom. The van der Waals surface area contributed by atoms with Gasteiger partial charge in [-0.1, -0.05) is 0 Å². The summed E-state index contributed by atoms with van der Waals surface area (Å²) in [5, 5.41) is 18.8. The van der Waals surface area contributed by atoms with Gasteiger partial charge in [0.2, 0.25) is 5.71 Å². The Balaban J connectivity index is 3.20. The van der Waals surface area contributed by atoms with E-state index in [1.165, 1.54) is 6.07 Å². The molecule has 0 amide bonds. The van der Waals surface area contributed by atoms with Crippen molar-refractivity contribution in [1.29, 1.82) is 10.7 Å². The van der Waals surface area contributed by atoms with Crippen LogP contribution in [0.25, 0.3) is 0 Å². The second kappa shape index (κ2) is 5.87. The summed E-state index contributed by atoms with van der Waals surface area (Å²) in [6, 6.07) is 2.81. The summed E-state index contributed by atoms with van der Waals surface area (Å²) in [6.07, 6.45) is -4.76. The third kappa shape index (κ3) is 3.67. The van der Waals surface area contributed by atoms with Gasteiger partial charge in [0, 0.05) is 6.07 Å². The molecule has 0 aliphatic carbocycles. The van der Waals surface area contributed by atoms with E-state index >= 15 is 0 Å². The van der Waals surface area contributed by atoms with E-state index in [0.29, 0.717) is 6.07 Å². The van der Waals surface area contributed by atoms with Crippen molar-refractivity contribution in [3.63, 3.8) is 0 Å². The van der Waals surface area contributed by atoms with Crippen molar-refractivity contribution < 1.29 is 17.6 Å². The van der Waals surface area contributed by atoms with Crippen molar-refractivity contribution in [2.24, 2.45) is 10.8 Å². The zero-order valence-corrected chi connectivity index (χ0v) is 11.1. The van der Waals surface area contributed by atoms with Crippen molar-refractivity contribution in [1.82, 2.24) is 0 Å². The molecule has 0 bridgehead atoms. The lowest BCUT2D eigenvalue weighted by atomic mass is 10.2. The van der Waals surface area contributed by atoms with Crippen LogP contribution < -0.4 is 11.2 Å². The zero-order valence-electron chi connectivity index (χ0n) is 9.52. The number of rotatable bonds is 3. The van der Waals surface area contributed by atoms with Gasteiger partial charge in [-0.2, -0.15) is 23.5 Å². The molecule has 5 nitrogen and oxygen atoms in total. The predicted molar refractivity (Wildman–Crippen MR) is 67.7 cm³/mol. The van der Waals surface area contributed by atoms with Crippen molar-refractivity contribution in [3.8, 4) is 6.07 Å². The third-order valence-electron chi connectivity index (χ3n) is 1.99. The van der Waals surface area contributed by atoms with Gasteiger partial charge in [-0.15, -0.1) is 0 Å². The number of hydrogen-bond donors (Lipinski definition) is 3. The minimum atomic E-state index is -4.76. The van der Waals surface area contributed by atoms with E-state index in [4.69, 9.17) is 16.4 Å². The minimum absolute atomic E-state index is 0.341. The number of nitrogens with zero attached hydrogens (tertiary/aromatic N) is 2. The fraction of sp³-hybridized carbons (Fsp3) is 0.100. The van der Waals surface area contributed by atoms with Gasteiger partial charge in [0.1, 0.15) is 11.9 Å². The molecular formula is C10H6BrF4N5. The molecule has 0 unspecified atom stereocenters. The second-order valence-electron chi connectivity index (χ2n) is 3.42. The first-order valence-electron chi connectivity index (χ1n) is 4.81. The minimum Gasteiger partial charge on any atom is -0.382 e. The molecule has 1 aromatic carbocycles. The Morgan fingerprint density at radius 3 is 2.50 bits per heavy atom. The number of nitrogens with two attached hydrogens (primary N) is 1. The first-order valence-corrected chi connectivity index (χ1v) is 5.60. The molecule has 0 saturated carbocycles. The lowest BCUT2D eigenvalue weighted by Gasteiger charge is -2.11. The maximum atomic E-state index is 13.4. The topological polar surface area (TPSA) is 98.0 Å². The highest BCUT2D eigenvalue weighted by Gasteiger charge is 2.34. The average molecular weight is 352 g/mol. The molecule has 0 spiro atoms. The van der Waals surface area contributed by atoms with Crippen LogP contribution in [0, 0.1) is 22.6 Å². The molecular weight excluding hydrogens is 346 g/mol. The lowest BCUT2D eigenvalue weighted by Crippen LogP contribution is -2.22. The van der Waals surface area contributed by atoms with Gasteiger partial charge in [0.05, 0.1) is 15.7 Å². The highest BCUT2D eigenvalue weighted by Crippen LogP contribution is 2.37. The summed E-state index contributed by atoms with van der Waals surface area (Å²) >= 11 is 2.50. The Bertz CT molecular complexity index is 617. The number of nitriles is 1. The van der Waals surface area contributed by atoms with Crippen molar-refractivity contribution in [2.45, 2.75) is 6.18 Å². The van der Waals surface area contributed by atoms with Gasteiger partial charge in [-0.3, -0.25) is 10.8 Å². The van der Waals surface area contributed by atoms with Crippen LogP contribution in [-0.2, 0) is 6.18 Å². The molecule has 0 aromatic heterocycles. The predicted octanol–water partition coefficient (Wildman–Crippen LogP) is 2.83. The van der Waals surface area contributed by atoms with Gasteiger partial charge in [-0.25, -0.2) is 4.39 Å². The Labute approximate surface area is 118 Å². The zero-order chi connectivity index (χ0) is 15.5. The molecule has 0 atom stereocenters. The van der Waals surface area contributed by atoms with E-state index in [9.17, 15) is 17.6 Å². The normalized spacial score (nSPS) is 11.9. The molecule has 20 heavy (non-hydrogen) atoms. The standard InChI is InChI=1S/C10H6BrF4N5/c11-8-5(10(13,14)15)1-4(2-6(8)12)19-20-7(3-16)9(17)18/h1-2,19H,(H3,17,18)/b20-7+. The molecule has 4 N–H and O–H groups in total. The van der Waals surface area contributed by atoms with Crippen molar-refractivity contribution in [3.05, 3.63) is 28.0 Å². The number of amidine groups is 1. The van der Waals surface area contributed by atoms with E-state index in [1.54, 1.807) is 0 Å². The highest BCUT2D eigenvalue weighted by atomic mass is 79.9. The summed E-state index contributed by atoms with van der Waals surface area (Å²) < 4.78 is 50.5. The molecule has 0 aliphatic rings. The van der Waals surface area contributed by atoms with Crippen LogP contribution in [0.5, 0.6) is 0 Å². The number of anilines is 1. The first kappa shape index (κ1) is 15.9. The summed E-state index contributed by atoms with van der Waals surface area (Å²) in [5.41, 5.74) is 4.91. The largest absolute Gasteiger partial charge is 0.417 e. The summed E-state index contributed by atoms with van der Waals surface area (Å²) in [7, 11) is 0. The molecule has 1 rings (SSSR count). The number of hydrazone groups is 1. The van der Waals surface area contributed by atoms with E-state index in [-0.39, 0.29) is 5.69 Å². The summed E-state index contributed by atoms with van der Waals surface area (Å²) in [5.74, 6) is -1.83. The van der Waals surface area contributed by atoms with Crippen LogP contribution in [0.2, 0.25) is 0 Å². The van der Waals surface area contributed by atoms with Gasteiger partial charge in [-0.05, 0) is 22.0 Å². The van der Waals surface area contributed by atoms with Gasteiger partial charge >= 0.3 is 6.18 Å². The number of halogens is 5. The van der Waals surface area contributed by atoms with Gasteiger partial charge in [0.15, 0.2) is 5.84 Å². The van der Waals surface area contributed by atoms with Crippen molar-refractivity contribution in [2.75, 3.05) is 5.43 Å². The Kier molecular flexibility index (Phi) is 4.67. The smallest absolute Gasteiger partial charge is 0.382 e. The maximum absolute atomic E-state index is 13.4. The second-order valence-corrected chi connectivity index (χ2v) is 4.21. The Hall–Kier alpha value is -2.15. The van der Waals surface area contributed by atoms with Crippen molar-refractivity contribution >= 4 is 33.2 Å². The average Bonchev–Trinajstić information content (AvgIpc) is 2.32. The first-order chi connectivity index (χ1) is 9.16. The molecule has 106 valence electrons. The van der Waals surface area contributed by atoms with Gasteiger partial charge < -0.3 is 5.73 Å².